The normalized spacial score (nSPS) is 8.36. The van der Waals surface area contributed by atoms with Crippen LogP contribution in [0.5, 0.6) is 0 Å². The predicted octanol–water partition coefficient (Wildman–Crippen LogP) is -10.0. The molecule has 0 spiro atoms. The first-order valence-electron chi connectivity index (χ1n) is 3.12. The van der Waals surface area contributed by atoms with Gasteiger partial charge in [0.1, 0.15) is 6.29 Å². The Hall–Kier alpha value is 0.570. The third-order valence-corrected chi connectivity index (χ3v) is 1.04. The van der Waals surface area contributed by atoms with Gasteiger partial charge in [-0.25, -0.2) is 0 Å². The minimum atomic E-state index is -1.43. The molecule has 0 aromatic heterocycles. The molecule has 0 aromatic rings. The number of aliphatic carboxylic acids is 2. The number of carbonyl (C=O) groups excluding carboxylic acids is 3. The van der Waals surface area contributed by atoms with Crippen LogP contribution in [0.2, 0.25) is 0 Å². The summed E-state index contributed by atoms with van der Waals surface area (Å²) in [6, 6.07) is 0. The minimum Gasteiger partial charge on any atom is -0.549 e. The van der Waals surface area contributed by atoms with Gasteiger partial charge in [-0.15, -0.1) is 0 Å². The second-order valence-corrected chi connectivity index (χ2v) is 2.08. The molecule has 0 rings (SSSR count). The second-order valence-electron chi connectivity index (χ2n) is 2.08. The molecule has 0 amide bonds. The van der Waals surface area contributed by atoms with Crippen LogP contribution >= 0.6 is 0 Å². The van der Waals surface area contributed by atoms with Gasteiger partial charge in [-0.3, -0.25) is 4.90 Å². The van der Waals surface area contributed by atoms with E-state index in [-0.39, 0.29) is 65.7 Å². The predicted molar refractivity (Wildman–Crippen MR) is 32.5 cm³/mol. The van der Waals surface area contributed by atoms with Gasteiger partial charge in [0.05, 0.1) is 18.5 Å². The fourth-order valence-electron chi connectivity index (χ4n) is 0.656. The average Bonchev–Trinajstić information content (AvgIpc) is 1.84. The van der Waals surface area contributed by atoms with Crippen LogP contribution in [-0.4, -0.2) is 42.8 Å². The van der Waals surface area contributed by atoms with Crippen LogP contribution in [0.3, 0.4) is 0 Å². The minimum absolute atomic E-state index is 0. The molecule has 0 radical (unpaired) electrons. The van der Waals surface area contributed by atoms with E-state index in [2.05, 4.69) is 0 Å². The van der Waals surface area contributed by atoms with E-state index in [1.165, 1.54) is 0 Å². The number of carboxylic acid groups (broad SMARTS) is 2. The Morgan fingerprint density at radius 2 is 1.43 bits per heavy atom. The van der Waals surface area contributed by atoms with E-state index in [1.807, 2.05) is 0 Å². The maximum Gasteiger partial charge on any atom is 1.00 e. The van der Waals surface area contributed by atoms with Gasteiger partial charge >= 0.3 is 59.1 Å². The summed E-state index contributed by atoms with van der Waals surface area (Å²) in [5.41, 5.74) is 0. The van der Waals surface area contributed by atoms with Crippen LogP contribution < -0.4 is 69.3 Å². The number of rotatable bonds is 6. The summed E-state index contributed by atoms with van der Waals surface area (Å²) < 4.78 is 0. The largest absolute Gasteiger partial charge is 1.00 e. The number of hydrogen-bond donors (Lipinski definition) is 0. The Morgan fingerprint density at radius 3 is 1.64 bits per heavy atom. The molecule has 6 nitrogen and oxygen atoms in total. The summed E-state index contributed by atoms with van der Waals surface area (Å²) in [4.78, 5) is 30.8. The molecule has 0 aliphatic heterocycles. The summed E-state index contributed by atoms with van der Waals surface area (Å²) in [5, 5.41) is 20.0. The van der Waals surface area contributed by atoms with E-state index in [0.717, 1.165) is 4.90 Å². The van der Waals surface area contributed by atoms with E-state index in [9.17, 15) is 24.6 Å². The monoisotopic (exact) mass is 219 g/mol. The van der Waals surface area contributed by atoms with Gasteiger partial charge in [-0.2, -0.15) is 0 Å². The molecule has 0 aliphatic rings. The fraction of sp³-hybridized carbons (Fsp3) is 0.500. The fourth-order valence-corrected chi connectivity index (χ4v) is 0.656. The van der Waals surface area contributed by atoms with E-state index in [0.29, 0.717) is 6.29 Å². The van der Waals surface area contributed by atoms with E-state index in [4.69, 9.17) is 0 Å². The molecule has 14 heavy (non-hydrogen) atoms. The quantitative estimate of drug-likeness (QED) is 0.325. The first-order valence-corrected chi connectivity index (χ1v) is 3.12. The SMILES string of the molecule is O=CCN(CC(=O)[O-])CC(=O)[O-].[Na+].[Na+]. The van der Waals surface area contributed by atoms with Crippen LogP contribution in [0.25, 0.3) is 0 Å². The molecule has 8 heteroatoms. The molecule has 0 saturated heterocycles. The topological polar surface area (TPSA) is 101 Å². The molecule has 0 heterocycles. The zero-order valence-electron chi connectivity index (χ0n) is 8.19. The van der Waals surface area contributed by atoms with Crippen molar-refractivity contribution in [2.24, 2.45) is 0 Å². The average molecular weight is 219 g/mol. The van der Waals surface area contributed by atoms with Crippen LogP contribution in [0.1, 0.15) is 0 Å². The number of hydrogen-bond acceptors (Lipinski definition) is 6. The van der Waals surface area contributed by atoms with Crippen LogP contribution in [0.15, 0.2) is 0 Å². The molecule has 0 fully saturated rings. The van der Waals surface area contributed by atoms with Crippen molar-refractivity contribution in [3.05, 3.63) is 0 Å². The Bertz CT molecular complexity index is 183. The van der Waals surface area contributed by atoms with Gasteiger partial charge in [0.2, 0.25) is 0 Å². The Kier molecular flexibility index (Phi) is 16.7. The van der Waals surface area contributed by atoms with Gasteiger partial charge in [-0.05, 0) is 0 Å². The molecular weight excluding hydrogens is 212 g/mol. The van der Waals surface area contributed by atoms with Gasteiger partial charge in [0.25, 0.3) is 0 Å². The van der Waals surface area contributed by atoms with Crippen molar-refractivity contribution in [3.8, 4) is 0 Å². The van der Waals surface area contributed by atoms with Crippen molar-refractivity contribution in [2.45, 2.75) is 0 Å². The first-order chi connectivity index (χ1) is 5.56. The van der Waals surface area contributed by atoms with E-state index < -0.39 is 25.0 Å². The van der Waals surface area contributed by atoms with Crippen molar-refractivity contribution in [3.63, 3.8) is 0 Å². The summed E-state index contributed by atoms with van der Waals surface area (Å²) in [6.07, 6.45) is 0.409. The number of nitrogens with zero attached hydrogens (tertiary/aromatic N) is 1. The molecular formula is C6H7NNa2O5. The maximum atomic E-state index is 9.98. The number of carbonyl (C=O) groups is 3. The van der Waals surface area contributed by atoms with E-state index in [1.54, 1.807) is 0 Å². The van der Waals surface area contributed by atoms with Crippen LogP contribution in [0.4, 0.5) is 0 Å². The molecule has 68 valence electrons. The third kappa shape index (κ3) is 12.6. The molecule has 0 N–H and O–H groups in total. The summed E-state index contributed by atoms with van der Waals surface area (Å²) >= 11 is 0. The van der Waals surface area contributed by atoms with Crippen molar-refractivity contribution < 1.29 is 83.7 Å². The molecule has 0 bridgehead atoms. The van der Waals surface area contributed by atoms with Gasteiger partial charge < -0.3 is 24.6 Å². The molecule has 0 saturated carbocycles. The van der Waals surface area contributed by atoms with Crippen molar-refractivity contribution in [2.75, 3.05) is 19.6 Å². The van der Waals surface area contributed by atoms with Crippen molar-refractivity contribution in [1.82, 2.24) is 4.90 Å². The van der Waals surface area contributed by atoms with Gasteiger partial charge in [0, 0.05) is 13.1 Å². The van der Waals surface area contributed by atoms with Crippen molar-refractivity contribution in [1.29, 1.82) is 0 Å². The zero-order valence-corrected chi connectivity index (χ0v) is 12.2. The van der Waals surface area contributed by atoms with Gasteiger partial charge in [0.15, 0.2) is 0 Å². The maximum absolute atomic E-state index is 9.98. The second kappa shape index (κ2) is 11.6. The summed E-state index contributed by atoms with van der Waals surface area (Å²) in [6.45, 7) is -1.44. The molecule has 0 aliphatic carbocycles. The molecule has 0 aromatic carbocycles. The zero-order chi connectivity index (χ0) is 9.56. The van der Waals surface area contributed by atoms with E-state index >= 15 is 0 Å². The number of aldehydes is 1. The third-order valence-electron chi connectivity index (χ3n) is 1.04. The Labute approximate surface area is 125 Å². The molecule has 0 unspecified atom stereocenters. The smallest absolute Gasteiger partial charge is 0.549 e. The molecule has 0 atom stereocenters. The summed E-state index contributed by atoms with van der Waals surface area (Å²) in [7, 11) is 0. The van der Waals surface area contributed by atoms with Crippen LogP contribution in [0, 0.1) is 0 Å². The standard InChI is InChI=1S/C6H9NO5.2Na/c8-2-1-7(3-5(9)10)4-6(11)12;;/h2H,1,3-4H2,(H,9,10)(H,11,12);;/q;2*+1/p-2. The number of carboxylic acids is 2. The van der Waals surface area contributed by atoms with Crippen molar-refractivity contribution >= 4 is 18.2 Å². The first kappa shape index (κ1) is 20.0. The van der Waals surface area contributed by atoms with Crippen LogP contribution in [-0.2, 0) is 14.4 Å². The summed E-state index contributed by atoms with van der Waals surface area (Å²) in [5.74, 6) is -2.86. The Balaban J connectivity index is -0.000000605. The van der Waals surface area contributed by atoms with Gasteiger partial charge in [-0.1, -0.05) is 0 Å². The Morgan fingerprint density at radius 1 is 1.07 bits per heavy atom.